The molecule has 0 aliphatic rings. The molecule has 0 heterocycles. The Morgan fingerprint density at radius 3 is 2.68 bits per heavy atom. The van der Waals surface area contributed by atoms with Crippen molar-refractivity contribution in [2.75, 3.05) is 12.0 Å². The summed E-state index contributed by atoms with van der Waals surface area (Å²) in [5.41, 5.74) is 1.47. The Kier molecular flexibility index (Phi) is 6.37. The van der Waals surface area contributed by atoms with Crippen molar-refractivity contribution in [2.45, 2.75) is 19.4 Å². The molecule has 1 aromatic carbocycles. The van der Waals surface area contributed by atoms with Gasteiger partial charge in [0.05, 0.1) is 5.56 Å². The molecule has 0 bridgehead atoms. The first-order valence-corrected chi connectivity index (χ1v) is 7.93. The normalized spacial score (nSPS) is 11.9. The van der Waals surface area contributed by atoms with Crippen LogP contribution in [0.25, 0.3) is 0 Å². The van der Waals surface area contributed by atoms with Gasteiger partial charge < -0.3 is 10.4 Å². The lowest BCUT2D eigenvalue weighted by atomic mass is 10.1. The van der Waals surface area contributed by atoms with Gasteiger partial charge in [0, 0.05) is 4.47 Å². The molecule has 4 nitrogen and oxygen atoms in total. The third-order valence-electron chi connectivity index (χ3n) is 2.58. The second-order valence-electron chi connectivity index (χ2n) is 4.13. The first-order chi connectivity index (χ1) is 8.95. The van der Waals surface area contributed by atoms with Crippen LogP contribution in [0.15, 0.2) is 22.7 Å². The van der Waals surface area contributed by atoms with E-state index >= 15 is 0 Å². The van der Waals surface area contributed by atoms with Gasteiger partial charge >= 0.3 is 5.97 Å². The Hall–Kier alpha value is -1.01. The van der Waals surface area contributed by atoms with E-state index < -0.39 is 12.0 Å². The van der Waals surface area contributed by atoms with Crippen molar-refractivity contribution >= 4 is 39.6 Å². The third kappa shape index (κ3) is 4.87. The minimum absolute atomic E-state index is 0.375. The van der Waals surface area contributed by atoms with Crippen molar-refractivity contribution in [3.05, 3.63) is 33.8 Å². The molecule has 1 aromatic rings. The fraction of sp³-hybridized carbons (Fsp3) is 0.385. The average Bonchev–Trinajstić information content (AvgIpc) is 2.33. The fourth-order valence-corrected chi connectivity index (χ4v) is 2.68. The zero-order valence-corrected chi connectivity index (χ0v) is 13.2. The second kappa shape index (κ2) is 7.55. The highest BCUT2D eigenvalue weighted by Crippen LogP contribution is 2.18. The fourth-order valence-electron chi connectivity index (χ4n) is 1.53. The second-order valence-corrected chi connectivity index (χ2v) is 5.97. The molecule has 1 atom stereocenters. The molecule has 104 valence electrons. The van der Waals surface area contributed by atoms with Crippen LogP contribution >= 0.6 is 27.7 Å². The van der Waals surface area contributed by atoms with Crippen molar-refractivity contribution < 1.29 is 14.7 Å². The summed E-state index contributed by atoms with van der Waals surface area (Å²) in [6.07, 6.45) is 2.31. The quantitative estimate of drug-likeness (QED) is 0.831. The van der Waals surface area contributed by atoms with Gasteiger partial charge in [0.1, 0.15) is 6.04 Å². The van der Waals surface area contributed by atoms with Gasteiger partial charge in [0.15, 0.2) is 0 Å². The van der Waals surface area contributed by atoms with E-state index in [-0.39, 0.29) is 5.91 Å². The number of carboxylic acids is 1. The van der Waals surface area contributed by atoms with E-state index in [1.54, 1.807) is 17.8 Å². The highest BCUT2D eigenvalue weighted by atomic mass is 79.9. The van der Waals surface area contributed by atoms with E-state index in [2.05, 4.69) is 21.2 Å². The molecule has 0 spiro atoms. The number of hydrogen-bond donors (Lipinski definition) is 2. The molecule has 1 rings (SSSR count). The van der Waals surface area contributed by atoms with Crippen molar-refractivity contribution in [1.82, 2.24) is 5.32 Å². The Morgan fingerprint density at radius 2 is 2.16 bits per heavy atom. The standard InChI is InChI=1S/C13H16BrNO3S/c1-8-3-4-9(10(14)7-8)12(16)15-11(13(17)18)5-6-19-2/h3-4,7,11H,5-6H2,1-2H3,(H,15,16)(H,17,18)/t11-/m0/s1. The van der Waals surface area contributed by atoms with Crippen LogP contribution in [0.2, 0.25) is 0 Å². The van der Waals surface area contributed by atoms with E-state index in [4.69, 9.17) is 5.11 Å². The zero-order chi connectivity index (χ0) is 14.4. The van der Waals surface area contributed by atoms with Crippen LogP contribution in [0, 0.1) is 6.92 Å². The molecule has 0 aromatic heterocycles. The molecule has 2 N–H and O–H groups in total. The molecular formula is C13H16BrNO3S. The van der Waals surface area contributed by atoms with Crippen LogP contribution in [-0.2, 0) is 4.79 Å². The van der Waals surface area contributed by atoms with Gasteiger partial charge in [-0.15, -0.1) is 0 Å². The van der Waals surface area contributed by atoms with E-state index in [1.165, 1.54) is 0 Å². The number of aryl methyl sites for hydroxylation is 1. The predicted octanol–water partition coefficient (Wildman–Crippen LogP) is 2.69. The molecule has 0 radical (unpaired) electrons. The number of rotatable bonds is 6. The van der Waals surface area contributed by atoms with E-state index in [9.17, 15) is 9.59 Å². The van der Waals surface area contributed by atoms with Crippen LogP contribution in [0.4, 0.5) is 0 Å². The minimum atomic E-state index is -1.01. The molecule has 6 heteroatoms. The molecule has 0 fully saturated rings. The first-order valence-electron chi connectivity index (χ1n) is 5.74. The molecule has 0 saturated heterocycles. The summed E-state index contributed by atoms with van der Waals surface area (Å²) in [5.74, 6) is -0.697. The van der Waals surface area contributed by atoms with E-state index in [0.29, 0.717) is 22.2 Å². The lowest BCUT2D eigenvalue weighted by Gasteiger charge is -2.14. The SMILES string of the molecule is CSCC[C@H](NC(=O)c1ccc(C)cc1Br)C(=O)O. The van der Waals surface area contributed by atoms with Gasteiger partial charge in [-0.1, -0.05) is 6.07 Å². The minimum Gasteiger partial charge on any atom is -0.480 e. The molecule has 0 aliphatic heterocycles. The Morgan fingerprint density at radius 1 is 1.47 bits per heavy atom. The summed E-state index contributed by atoms with van der Waals surface area (Å²) in [4.78, 5) is 23.1. The van der Waals surface area contributed by atoms with Crippen molar-refractivity contribution in [1.29, 1.82) is 0 Å². The number of aliphatic carboxylic acids is 1. The molecule has 0 unspecified atom stereocenters. The molecule has 0 aliphatic carbocycles. The number of carbonyl (C=O) groups is 2. The van der Waals surface area contributed by atoms with Gasteiger partial charge in [0.25, 0.3) is 5.91 Å². The Balaban J connectivity index is 2.78. The largest absolute Gasteiger partial charge is 0.480 e. The summed E-state index contributed by atoms with van der Waals surface area (Å²) in [6, 6.07) is 4.47. The zero-order valence-electron chi connectivity index (χ0n) is 10.8. The van der Waals surface area contributed by atoms with Gasteiger partial charge in [-0.2, -0.15) is 11.8 Å². The highest BCUT2D eigenvalue weighted by Gasteiger charge is 2.21. The van der Waals surface area contributed by atoms with Crippen molar-refractivity contribution in [3.8, 4) is 0 Å². The molecule has 0 saturated carbocycles. The first kappa shape index (κ1) is 16.0. The Bertz CT molecular complexity index is 479. The van der Waals surface area contributed by atoms with Crippen LogP contribution in [0.3, 0.4) is 0 Å². The average molecular weight is 346 g/mol. The van der Waals surface area contributed by atoms with E-state index in [0.717, 1.165) is 5.56 Å². The Labute approximate surface area is 125 Å². The van der Waals surface area contributed by atoms with E-state index in [1.807, 2.05) is 25.3 Å². The number of carboxylic acid groups (broad SMARTS) is 1. The summed E-state index contributed by atoms with van der Waals surface area (Å²) in [5, 5.41) is 11.6. The van der Waals surface area contributed by atoms with Crippen LogP contribution in [-0.4, -0.2) is 35.0 Å². The topological polar surface area (TPSA) is 66.4 Å². The summed E-state index contributed by atoms with van der Waals surface area (Å²) in [7, 11) is 0. The van der Waals surface area contributed by atoms with Gasteiger partial charge in [-0.3, -0.25) is 4.79 Å². The van der Waals surface area contributed by atoms with Gasteiger partial charge in [-0.05, 0) is 59.0 Å². The lowest BCUT2D eigenvalue weighted by molar-refractivity contribution is -0.139. The maximum atomic E-state index is 12.0. The lowest BCUT2D eigenvalue weighted by Crippen LogP contribution is -2.41. The van der Waals surface area contributed by atoms with Crippen LogP contribution < -0.4 is 5.32 Å². The molecule has 19 heavy (non-hydrogen) atoms. The number of carbonyl (C=O) groups excluding carboxylic acids is 1. The molecular weight excluding hydrogens is 330 g/mol. The number of halogens is 1. The smallest absolute Gasteiger partial charge is 0.326 e. The van der Waals surface area contributed by atoms with Crippen molar-refractivity contribution in [2.24, 2.45) is 0 Å². The summed E-state index contributed by atoms with van der Waals surface area (Å²) in [6.45, 7) is 1.92. The summed E-state index contributed by atoms with van der Waals surface area (Å²) < 4.78 is 0.666. The van der Waals surface area contributed by atoms with Crippen molar-refractivity contribution in [3.63, 3.8) is 0 Å². The van der Waals surface area contributed by atoms with Gasteiger partial charge in [0.2, 0.25) is 0 Å². The number of thioether (sulfide) groups is 1. The maximum Gasteiger partial charge on any atom is 0.326 e. The molecule has 1 amide bonds. The number of nitrogens with one attached hydrogen (secondary N) is 1. The number of hydrogen-bond acceptors (Lipinski definition) is 3. The monoisotopic (exact) mass is 345 g/mol. The summed E-state index contributed by atoms with van der Waals surface area (Å²) >= 11 is 4.87. The predicted molar refractivity (Wildman–Crippen MR) is 80.8 cm³/mol. The highest BCUT2D eigenvalue weighted by molar-refractivity contribution is 9.10. The van der Waals surface area contributed by atoms with Crippen LogP contribution in [0.1, 0.15) is 22.3 Å². The number of amides is 1. The maximum absolute atomic E-state index is 12.0. The van der Waals surface area contributed by atoms with Crippen LogP contribution in [0.5, 0.6) is 0 Å². The third-order valence-corrected chi connectivity index (χ3v) is 3.88. The number of benzene rings is 1. The van der Waals surface area contributed by atoms with Gasteiger partial charge in [-0.25, -0.2) is 4.79 Å².